The van der Waals surface area contributed by atoms with Crippen LogP contribution >= 0.6 is 11.6 Å². The number of carbonyl (C=O) groups excluding carboxylic acids is 2. The number of pyridine rings is 2. The number of halogens is 4. The molecule has 5 rings (SSSR count). The molecular formula is C25H26ClF3N6O4. The average Bonchev–Trinajstić information content (AvgIpc) is 3.06. The maximum Gasteiger partial charge on any atom is 0.393 e. The molecule has 10 nitrogen and oxygen atoms in total. The first-order valence-corrected chi connectivity index (χ1v) is 12.7. The van der Waals surface area contributed by atoms with E-state index in [1.165, 1.54) is 18.2 Å². The first-order valence-electron chi connectivity index (χ1n) is 12.3. The number of hydrogen-bond donors (Lipinski definition) is 1. The number of alkyl halides is 3. The van der Waals surface area contributed by atoms with Gasteiger partial charge in [-0.05, 0) is 17.7 Å². The molecule has 208 valence electrons. The smallest absolute Gasteiger partial charge is 0.393 e. The molecule has 0 spiro atoms. The number of amides is 2. The molecule has 5 heterocycles. The Morgan fingerprint density at radius 2 is 1.92 bits per heavy atom. The van der Waals surface area contributed by atoms with Gasteiger partial charge in [0.2, 0.25) is 5.91 Å². The third kappa shape index (κ3) is 5.33. The average molecular weight is 567 g/mol. The number of aromatic nitrogens is 2. The van der Waals surface area contributed by atoms with E-state index in [-0.39, 0.29) is 70.5 Å². The second kappa shape index (κ2) is 10.5. The Balaban J connectivity index is 1.66. The Labute approximate surface area is 227 Å². The second-order valence-corrected chi connectivity index (χ2v) is 9.77. The van der Waals surface area contributed by atoms with Crippen molar-refractivity contribution in [1.29, 1.82) is 0 Å². The summed E-state index contributed by atoms with van der Waals surface area (Å²) in [7, 11) is 0. The largest absolute Gasteiger partial charge is 0.489 e. The number of piperazine rings is 1. The van der Waals surface area contributed by atoms with Crippen molar-refractivity contribution >= 4 is 35.1 Å². The van der Waals surface area contributed by atoms with Gasteiger partial charge in [-0.15, -0.1) is 0 Å². The molecule has 3 aliphatic rings. The van der Waals surface area contributed by atoms with Gasteiger partial charge in [-0.1, -0.05) is 24.2 Å². The second-order valence-electron chi connectivity index (χ2n) is 9.39. The quantitative estimate of drug-likeness (QED) is 0.562. The molecule has 0 unspecified atom stereocenters. The molecule has 0 aliphatic carbocycles. The fourth-order valence-corrected chi connectivity index (χ4v) is 5.28. The van der Waals surface area contributed by atoms with Crippen molar-refractivity contribution in [2.45, 2.75) is 18.6 Å². The topological polar surface area (TPSA) is 114 Å². The molecule has 3 aliphatic heterocycles. The van der Waals surface area contributed by atoms with E-state index in [4.69, 9.17) is 26.8 Å². The van der Waals surface area contributed by atoms with Crippen molar-refractivity contribution in [1.82, 2.24) is 19.8 Å². The number of hydrogen-bond acceptors (Lipinski definition) is 8. The van der Waals surface area contributed by atoms with E-state index in [1.807, 2.05) is 4.90 Å². The van der Waals surface area contributed by atoms with Crippen molar-refractivity contribution < 1.29 is 32.2 Å². The van der Waals surface area contributed by atoms with E-state index in [0.29, 0.717) is 32.8 Å². The molecule has 39 heavy (non-hydrogen) atoms. The first-order chi connectivity index (χ1) is 18.6. The van der Waals surface area contributed by atoms with Gasteiger partial charge in [0, 0.05) is 32.7 Å². The molecule has 2 aromatic heterocycles. The normalized spacial score (nSPS) is 19.6. The number of ether oxygens (including phenoxy) is 2. The standard InChI is InChI=1S/C25H26ClF3N6O4/c1-2-17(36)34-5-6-35-15(12-34)13-39-22-18(24(35)37)23(33-7-9-38-10-8-33)32-21(19(22)26)20-14(11-25(27,28)29)3-4-16(30)31-20/h2-4,15H,1,5-13H2,(H2,30,31)/t15-/m1/s1. The van der Waals surface area contributed by atoms with Crippen LogP contribution in [0.15, 0.2) is 24.8 Å². The highest BCUT2D eigenvalue weighted by atomic mass is 35.5. The number of nitrogens with zero attached hydrogens (tertiary/aromatic N) is 5. The van der Waals surface area contributed by atoms with Crippen LogP contribution in [0.25, 0.3) is 11.4 Å². The van der Waals surface area contributed by atoms with Crippen LogP contribution in [0.1, 0.15) is 15.9 Å². The van der Waals surface area contributed by atoms with E-state index in [0.717, 1.165) is 0 Å². The summed E-state index contributed by atoms with van der Waals surface area (Å²) in [5.74, 6) is -0.448. The van der Waals surface area contributed by atoms with Crippen LogP contribution in [-0.2, 0) is 16.0 Å². The van der Waals surface area contributed by atoms with Gasteiger partial charge in [0.25, 0.3) is 5.91 Å². The lowest BCUT2D eigenvalue weighted by Gasteiger charge is -2.39. The van der Waals surface area contributed by atoms with E-state index in [9.17, 15) is 22.8 Å². The lowest BCUT2D eigenvalue weighted by atomic mass is 10.0. The van der Waals surface area contributed by atoms with Gasteiger partial charge in [-0.3, -0.25) is 9.59 Å². The fraction of sp³-hybridized carbons (Fsp3) is 0.440. The Hall–Kier alpha value is -3.58. The summed E-state index contributed by atoms with van der Waals surface area (Å²) >= 11 is 6.76. The summed E-state index contributed by atoms with van der Waals surface area (Å²) in [4.78, 5) is 40.0. The predicted octanol–water partition coefficient (Wildman–Crippen LogP) is 2.55. The molecule has 2 N–H and O–H groups in total. The van der Waals surface area contributed by atoms with Gasteiger partial charge in [0.05, 0.1) is 31.4 Å². The van der Waals surface area contributed by atoms with Crippen molar-refractivity contribution in [2.24, 2.45) is 0 Å². The summed E-state index contributed by atoms with van der Waals surface area (Å²) in [5, 5.41) is -0.143. The van der Waals surface area contributed by atoms with Crippen molar-refractivity contribution in [3.8, 4) is 17.1 Å². The van der Waals surface area contributed by atoms with E-state index < -0.39 is 24.5 Å². The van der Waals surface area contributed by atoms with Crippen molar-refractivity contribution in [3.05, 3.63) is 40.9 Å². The summed E-state index contributed by atoms with van der Waals surface area (Å²) in [6, 6.07) is 2.03. The number of morpholine rings is 1. The van der Waals surface area contributed by atoms with Crippen LogP contribution in [0, 0.1) is 0 Å². The number of fused-ring (bicyclic) bond motifs is 2. The van der Waals surface area contributed by atoms with Crippen molar-refractivity contribution in [2.75, 3.05) is 63.2 Å². The molecule has 0 radical (unpaired) electrons. The zero-order valence-corrected chi connectivity index (χ0v) is 21.6. The van der Waals surface area contributed by atoms with Gasteiger partial charge in [-0.2, -0.15) is 13.2 Å². The van der Waals surface area contributed by atoms with Crippen LogP contribution in [-0.4, -0.2) is 96.3 Å². The highest BCUT2D eigenvalue weighted by Gasteiger charge is 2.41. The van der Waals surface area contributed by atoms with E-state index >= 15 is 0 Å². The zero-order valence-electron chi connectivity index (χ0n) is 20.8. The molecule has 14 heteroatoms. The Morgan fingerprint density at radius 1 is 1.18 bits per heavy atom. The van der Waals surface area contributed by atoms with Gasteiger partial charge in [0.1, 0.15) is 34.5 Å². The molecule has 2 fully saturated rings. The van der Waals surface area contributed by atoms with Gasteiger partial charge in [0.15, 0.2) is 5.75 Å². The van der Waals surface area contributed by atoms with Crippen LogP contribution in [0.5, 0.6) is 5.75 Å². The summed E-state index contributed by atoms with van der Waals surface area (Å²) < 4.78 is 51.8. The summed E-state index contributed by atoms with van der Waals surface area (Å²) in [6.07, 6.45) is -4.59. The van der Waals surface area contributed by atoms with E-state index in [2.05, 4.69) is 16.5 Å². The molecule has 0 aromatic carbocycles. The van der Waals surface area contributed by atoms with Crippen LogP contribution < -0.4 is 15.4 Å². The fourth-order valence-electron chi connectivity index (χ4n) is 5.00. The van der Waals surface area contributed by atoms with Crippen LogP contribution in [0.2, 0.25) is 5.02 Å². The van der Waals surface area contributed by atoms with Gasteiger partial charge in [-0.25, -0.2) is 9.97 Å². The maximum absolute atomic E-state index is 14.0. The first kappa shape index (κ1) is 27.0. The van der Waals surface area contributed by atoms with Crippen molar-refractivity contribution in [3.63, 3.8) is 0 Å². The maximum atomic E-state index is 14.0. The van der Waals surface area contributed by atoms with E-state index in [1.54, 1.807) is 9.80 Å². The third-order valence-electron chi connectivity index (χ3n) is 6.87. The minimum atomic E-state index is -4.53. The third-order valence-corrected chi connectivity index (χ3v) is 7.22. The molecule has 0 bridgehead atoms. The number of anilines is 2. The Kier molecular flexibility index (Phi) is 7.29. The highest BCUT2D eigenvalue weighted by molar-refractivity contribution is 6.35. The molecule has 1 atom stereocenters. The SMILES string of the molecule is C=CC(=O)N1CCN2C(=O)c3c(N4CCOCC4)nc(-c4nc(N)ccc4CC(F)(F)F)c(Cl)c3OC[C@H]2C1. The molecule has 2 aromatic rings. The zero-order chi connectivity index (χ0) is 27.9. The number of nitrogen functional groups attached to an aromatic ring is 1. The number of rotatable bonds is 4. The summed E-state index contributed by atoms with van der Waals surface area (Å²) in [5.41, 5.74) is 5.58. The van der Waals surface area contributed by atoms with Gasteiger partial charge < -0.3 is 29.9 Å². The predicted molar refractivity (Wildman–Crippen MR) is 137 cm³/mol. The highest BCUT2D eigenvalue weighted by Crippen LogP contribution is 2.44. The minimum absolute atomic E-state index is 0.00511. The molecule has 2 amide bonds. The lowest BCUT2D eigenvalue weighted by Crippen LogP contribution is -2.57. The Morgan fingerprint density at radius 3 is 2.62 bits per heavy atom. The minimum Gasteiger partial charge on any atom is -0.489 e. The molecule has 2 saturated heterocycles. The Bertz CT molecular complexity index is 1320. The number of carbonyl (C=O) groups is 2. The molecule has 0 saturated carbocycles. The molecular weight excluding hydrogens is 541 g/mol. The van der Waals surface area contributed by atoms with Gasteiger partial charge >= 0.3 is 6.18 Å². The lowest BCUT2D eigenvalue weighted by molar-refractivity contribution is -0.129. The summed E-state index contributed by atoms with van der Waals surface area (Å²) in [6.45, 7) is 5.82. The monoisotopic (exact) mass is 566 g/mol. The number of nitrogens with two attached hydrogens (primary N) is 1. The van der Waals surface area contributed by atoms with Crippen LogP contribution in [0.4, 0.5) is 24.8 Å². The van der Waals surface area contributed by atoms with Crippen LogP contribution in [0.3, 0.4) is 0 Å².